The van der Waals surface area contributed by atoms with Crippen molar-refractivity contribution in [3.05, 3.63) is 36.0 Å². The van der Waals surface area contributed by atoms with E-state index < -0.39 is 60.9 Å². The second kappa shape index (κ2) is 11.4. The Kier molecular flexibility index (Phi) is 8.71. The number of urea groups is 1. The summed E-state index contributed by atoms with van der Waals surface area (Å²) in [6.45, 7) is -0.680. The monoisotopic (exact) mass is 463 g/mol. The Balaban J connectivity index is 2.03. The largest absolute Gasteiger partial charge is 0.480 e. The van der Waals surface area contributed by atoms with E-state index in [1.165, 1.54) is 0 Å². The van der Waals surface area contributed by atoms with E-state index in [0.717, 1.165) is 10.9 Å². The van der Waals surface area contributed by atoms with Crippen molar-refractivity contribution in [1.29, 1.82) is 0 Å². The molecule has 0 bridgehead atoms. The summed E-state index contributed by atoms with van der Waals surface area (Å²) in [6, 6.07) is 1.96. The molecule has 14 nitrogen and oxygen atoms in total. The lowest BCUT2D eigenvalue weighted by Gasteiger charge is -2.20. The number of carbonyl (C=O) groups excluding carboxylic acids is 4. The molecule has 0 saturated carbocycles. The van der Waals surface area contributed by atoms with E-state index in [0.29, 0.717) is 5.56 Å². The van der Waals surface area contributed by atoms with Gasteiger partial charge in [-0.05, 0) is 11.6 Å². The van der Waals surface area contributed by atoms with Crippen molar-refractivity contribution in [3.8, 4) is 0 Å². The van der Waals surface area contributed by atoms with Gasteiger partial charge in [-0.1, -0.05) is 18.2 Å². The van der Waals surface area contributed by atoms with E-state index in [2.05, 4.69) is 15.6 Å². The summed E-state index contributed by atoms with van der Waals surface area (Å²) in [7, 11) is 0. The number of aliphatic hydroxyl groups is 1. The van der Waals surface area contributed by atoms with Gasteiger partial charge in [0, 0.05) is 23.5 Å². The summed E-state index contributed by atoms with van der Waals surface area (Å²) in [5, 5.41) is 23.5. The number of primary amides is 1. The SMILES string of the molecule is NC(=O)CC(NC(=O)N[C@@H](Cc1c[nH]c2ccccc12)C(=O)O)C(=O)NNC(=O)[C@@H](N)CO. The second-order valence-electron chi connectivity index (χ2n) is 7.06. The highest BCUT2D eigenvalue weighted by Crippen LogP contribution is 2.19. The average Bonchev–Trinajstić information content (AvgIpc) is 3.18. The number of aromatic amines is 1. The van der Waals surface area contributed by atoms with Gasteiger partial charge in [-0.15, -0.1) is 0 Å². The van der Waals surface area contributed by atoms with E-state index in [-0.39, 0.29) is 6.42 Å². The summed E-state index contributed by atoms with van der Waals surface area (Å²) < 4.78 is 0. The number of aliphatic carboxylic acids is 1. The molecule has 1 aromatic heterocycles. The number of hydrogen-bond donors (Lipinski definition) is 9. The molecule has 0 aliphatic rings. The molecule has 0 aliphatic carbocycles. The normalized spacial score (nSPS) is 13.4. The maximum atomic E-state index is 12.4. The number of fused-ring (bicyclic) bond motifs is 1. The van der Waals surface area contributed by atoms with Gasteiger partial charge >= 0.3 is 12.0 Å². The lowest BCUT2D eigenvalue weighted by Crippen LogP contribution is -2.58. The molecule has 11 N–H and O–H groups in total. The van der Waals surface area contributed by atoms with Crippen LogP contribution in [0.3, 0.4) is 0 Å². The van der Waals surface area contributed by atoms with E-state index in [1.54, 1.807) is 18.3 Å². The van der Waals surface area contributed by atoms with Gasteiger partial charge in [-0.25, -0.2) is 9.59 Å². The first-order valence-corrected chi connectivity index (χ1v) is 9.71. The zero-order valence-electron chi connectivity index (χ0n) is 17.3. The zero-order chi connectivity index (χ0) is 24.5. The number of hydrazine groups is 1. The fraction of sp³-hybridized carbons (Fsp3) is 0.316. The highest BCUT2D eigenvalue weighted by molar-refractivity contribution is 5.93. The molecule has 2 rings (SSSR count). The van der Waals surface area contributed by atoms with Crippen molar-refractivity contribution >= 4 is 40.6 Å². The number of H-pyrrole nitrogens is 1. The summed E-state index contributed by atoms with van der Waals surface area (Å²) in [5.41, 5.74) is 15.7. The van der Waals surface area contributed by atoms with Gasteiger partial charge < -0.3 is 37.3 Å². The molecule has 1 aromatic carbocycles. The number of nitrogens with one attached hydrogen (secondary N) is 5. The Labute approximate surface area is 187 Å². The third-order valence-electron chi connectivity index (χ3n) is 4.57. The number of aromatic nitrogens is 1. The fourth-order valence-corrected chi connectivity index (χ4v) is 2.88. The minimum Gasteiger partial charge on any atom is -0.480 e. The lowest BCUT2D eigenvalue weighted by atomic mass is 10.1. The number of amides is 5. The molecule has 33 heavy (non-hydrogen) atoms. The smallest absolute Gasteiger partial charge is 0.326 e. The van der Waals surface area contributed by atoms with Gasteiger partial charge in [0.2, 0.25) is 5.91 Å². The van der Waals surface area contributed by atoms with Crippen molar-refractivity contribution in [2.45, 2.75) is 31.0 Å². The van der Waals surface area contributed by atoms with Crippen molar-refractivity contribution in [1.82, 2.24) is 26.5 Å². The predicted octanol–water partition coefficient (Wildman–Crippen LogP) is -2.83. The Hall–Kier alpha value is -4.17. The predicted molar refractivity (Wildman–Crippen MR) is 114 cm³/mol. The number of hydrogen-bond acceptors (Lipinski definition) is 7. The van der Waals surface area contributed by atoms with Crippen LogP contribution in [0.5, 0.6) is 0 Å². The molecule has 1 heterocycles. The molecular weight excluding hydrogens is 438 g/mol. The van der Waals surface area contributed by atoms with E-state index in [9.17, 15) is 29.1 Å². The molecule has 178 valence electrons. The van der Waals surface area contributed by atoms with E-state index in [4.69, 9.17) is 16.6 Å². The number of carboxylic acids is 1. The number of para-hydroxylation sites is 1. The Bertz CT molecular complexity index is 1040. The summed E-state index contributed by atoms with van der Waals surface area (Å²) >= 11 is 0. The topological polar surface area (TPSA) is 242 Å². The van der Waals surface area contributed by atoms with Crippen LogP contribution in [-0.2, 0) is 25.6 Å². The molecule has 0 saturated heterocycles. The third kappa shape index (κ3) is 7.19. The Morgan fingerprint density at radius 2 is 1.64 bits per heavy atom. The van der Waals surface area contributed by atoms with Crippen LogP contribution in [0.2, 0.25) is 0 Å². The molecular formula is C19H25N7O7. The van der Waals surface area contributed by atoms with Gasteiger partial charge in [0.15, 0.2) is 0 Å². The van der Waals surface area contributed by atoms with Crippen molar-refractivity contribution in [2.24, 2.45) is 11.5 Å². The van der Waals surface area contributed by atoms with Crippen molar-refractivity contribution < 1.29 is 34.2 Å². The summed E-state index contributed by atoms with van der Waals surface area (Å²) in [6.07, 6.45) is 0.930. The first-order valence-electron chi connectivity index (χ1n) is 9.71. The fourth-order valence-electron chi connectivity index (χ4n) is 2.88. The minimum absolute atomic E-state index is 0.0610. The van der Waals surface area contributed by atoms with Crippen LogP contribution in [0, 0.1) is 0 Å². The Morgan fingerprint density at radius 1 is 1.00 bits per heavy atom. The number of rotatable bonds is 10. The maximum absolute atomic E-state index is 12.4. The molecule has 0 fully saturated rings. The van der Waals surface area contributed by atoms with Gasteiger partial charge in [0.1, 0.15) is 18.1 Å². The maximum Gasteiger partial charge on any atom is 0.326 e. The lowest BCUT2D eigenvalue weighted by molar-refractivity contribution is -0.139. The third-order valence-corrected chi connectivity index (χ3v) is 4.57. The highest BCUT2D eigenvalue weighted by atomic mass is 16.4. The van der Waals surface area contributed by atoms with Crippen LogP contribution in [0.25, 0.3) is 10.9 Å². The molecule has 5 amide bonds. The van der Waals surface area contributed by atoms with Crippen LogP contribution < -0.4 is 33.0 Å². The van der Waals surface area contributed by atoms with Crippen molar-refractivity contribution in [2.75, 3.05) is 6.61 Å². The zero-order valence-corrected chi connectivity index (χ0v) is 17.3. The van der Waals surface area contributed by atoms with Gasteiger partial charge in [0.05, 0.1) is 13.0 Å². The molecule has 14 heteroatoms. The molecule has 1 unspecified atom stereocenters. The van der Waals surface area contributed by atoms with Crippen LogP contribution in [0.1, 0.15) is 12.0 Å². The van der Waals surface area contributed by atoms with E-state index in [1.807, 2.05) is 23.0 Å². The minimum atomic E-state index is -1.53. The number of carbonyl (C=O) groups is 5. The standard InChI is InChI=1S/C19H25N7O7/c20-11(8-27)16(29)25-26-17(30)13(6-15(21)28)23-19(33)24-14(18(31)32)5-9-7-22-12-4-2-1-3-10(9)12/h1-4,7,11,13-14,22,27H,5-6,8,20H2,(H2,21,28)(H,25,29)(H,26,30)(H,31,32)(H2,23,24,33)/t11-,13?,14-/m0/s1. The van der Waals surface area contributed by atoms with Crippen LogP contribution >= 0.6 is 0 Å². The Morgan fingerprint density at radius 3 is 2.27 bits per heavy atom. The van der Waals surface area contributed by atoms with Crippen LogP contribution in [0.15, 0.2) is 30.5 Å². The number of benzene rings is 1. The molecule has 0 spiro atoms. The first-order chi connectivity index (χ1) is 15.6. The quantitative estimate of drug-likeness (QED) is 0.166. The summed E-state index contributed by atoms with van der Waals surface area (Å²) in [4.78, 5) is 62.1. The van der Waals surface area contributed by atoms with E-state index >= 15 is 0 Å². The van der Waals surface area contributed by atoms with Crippen molar-refractivity contribution in [3.63, 3.8) is 0 Å². The highest BCUT2D eigenvalue weighted by Gasteiger charge is 2.27. The molecule has 2 aromatic rings. The number of aliphatic hydroxyl groups excluding tert-OH is 1. The van der Waals surface area contributed by atoms with Crippen LogP contribution in [0.4, 0.5) is 4.79 Å². The average molecular weight is 463 g/mol. The first kappa shape index (κ1) is 25.1. The van der Waals surface area contributed by atoms with Gasteiger partial charge in [-0.3, -0.25) is 25.2 Å². The van der Waals surface area contributed by atoms with Gasteiger partial charge in [-0.2, -0.15) is 0 Å². The van der Waals surface area contributed by atoms with Gasteiger partial charge in [0.25, 0.3) is 11.8 Å². The molecule has 3 atom stereocenters. The summed E-state index contributed by atoms with van der Waals surface area (Å²) in [5.74, 6) is -4.21. The molecule has 0 radical (unpaired) electrons. The molecule has 0 aliphatic heterocycles. The number of carboxylic acid groups (broad SMARTS) is 1. The number of nitrogens with two attached hydrogens (primary N) is 2. The second-order valence-corrected chi connectivity index (χ2v) is 7.06. The van der Waals surface area contributed by atoms with Crippen LogP contribution in [-0.4, -0.2) is 69.7 Å².